The van der Waals surface area contributed by atoms with Crippen LogP contribution in [0.25, 0.3) is 0 Å². The predicted molar refractivity (Wildman–Crippen MR) is 79.8 cm³/mol. The lowest BCUT2D eigenvalue weighted by atomic mass is 10.2. The number of sulfonamides is 1. The van der Waals surface area contributed by atoms with Gasteiger partial charge in [0.1, 0.15) is 0 Å². The second-order valence-corrected chi connectivity index (χ2v) is 7.20. The van der Waals surface area contributed by atoms with Crippen LogP contribution >= 0.6 is 0 Å². The first-order chi connectivity index (χ1) is 9.55. The standard InChI is InChI=1S/C14H23N3O2S/c1-16(10-11-17-8-4-5-9-17)20(18,19)14-7-3-2-6-13(14)12-15/h2-3,6-7H,4-5,8-12,15H2,1H3. The van der Waals surface area contributed by atoms with E-state index >= 15 is 0 Å². The Morgan fingerprint density at radius 1 is 1.25 bits per heavy atom. The van der Waals surface area contributed by atoms with Crippen molar-refractivity contribution in [3.8, 4) is 0 Å². The summed E-state index contributed by atoms with van der Waals surface area (Å²) in [4.78, 5) is 2.63. The third kappa shape index (κ3) is 3.38. The van der Waals surface area contributed by atoms with Crippen LogP contribution in [0.15, 0.2) is 29.2 Å². The summed E-state index contributed by atoms with van der Waals surface area (Å²) in [6, 6.07) is 6.94. The highest BCUT2D eigenvalue weighted by atomic mass is 32.2. The quantitative estimate of drug-likeness (QED) is 0.846. The Hall–Kier alpha value is -0.950. The lowest BCUT2D eigenvalue weighted by Crippen LogP contribution is -2.35. The third-order valence-electron chi connectivity index (χ3n) is 3.81. The van der Waals surface area contributed by atoms with E-state index in [2.05, 4.69) is 4.90 Å². The van der Waals surface area contributed by atoms with E-state index in [1.165, 1.54) is 17.1 Å². The molecular formula is C14H23N3O2S. The minimum atomic E-state index is -3.45. The van der Waals surface area contributed by atoms with Gasteiger partial charge in [-0.05, 0) is 37.6 Å². The van der Waals surface area contributed by atoms with Crippen LogP contribution in [0.4, 0.5) is 0 Å². The first-order valence-corrected chi connectivity index (χ1v) is 8.46. The average molecular weight is 297 g/mol. The summed E-state index contributed by atoms with van der Waals surface area (Å²) in [5.41, 5.74) is 6.30. The van der Waals surface area contributed by atoms with E-state index < -0.39 is 10.0 Å². The zero-order valence-corrected chi connectivity index (χ0v) is 12.8. The molecule has 1 aromatic rings. The molecule has 0 saturated carbocycles. The molecule has 112 valence electrons. The fourth-order valence-corrected chi connectivity index (χ4v) is 3.89. The molecule has 0 spiro atoms. The highest BCUT2D eigenvalue weighted by molar-refractivity contribution is 7.89. The van der Waals surface area contributed by atoms with Gasteiger partial charge in [-0.25, -0.2) is 8.42 Å². The van der Waals surface area contributed by atoms with Crippen molar-refractivity contribution in [1.29, 1.82) is 0 Å². The molecule has 1 aromatic carbocycles. The van der Waals surface area contributed by atoms with Crippen LogP contribution in [0, 0.1) is 0 Å². The van der Waals surface area contributed by atoms with Gasteiger partial charge in [0.2, 0.25) is 10.0 Å². The van der Waals surface area contributed by atoms with Gasteiger partial charge in [-0.1, -0.05) is 18.2 Å². The summed E-state index contributed by atoms with van der Waals surface area (Å²) in [6.45, 7) is 3.69. The lowest BCUT2D eigenvalue weighted by molar-refractivity contribution is 0.310. The van der Waals surface area contributed by atoms with Gasteiger partial charge in [0.15, 0.2) is 0 Å². The Balaban J connectivity index is 2.08. The number of hydrogen-bond donors (Lipinski definition) is 1. The molecule has 2 rings (SSSR count). The Morgan fingerprint density at radius 3 is 2.55 bits per heavy atom. The van der Waals surface area contributed by atoms with E-state index in [0.29, 0.717) is 17.0 Å². The summed E-state index contributed by atoms with van der Waals surface area (Å²) in [5, 5.41) is 0. The number of hydrogen-bond acceptors (Lipinski definition) is 4. The van der Waals surface area contributed by atoms with E-state index in [0.717, 1.165) is 19.6 Å². The van der Waals surface area contributed by atoms with Crippen LogP contribution in [-0.4, -0.2) is 50.8 Å². The summed E-state index contributed by atoms with van der Waals surface area (Å²) in [7, 11) is -1.81. The zero-order chi connectivity index (χ0) is 14.6. The normalized spacial score (nSPS) is 16.9. The zero-order valence-electron chi connectivity index (χ0n) is 12.0. The van der Waals surface area contributed by atoms with Crippen molar-refractivity contribution in [3.05, 3.63) is 29.8 Å². The van der Waals surface area contributed by atoms with Crippen molar-refractivity contribution >= 4 is 10.0 Å². The number of nitrogens with zero attached hydrogens (tertiary/aromatic N) is 2. The smallest absolute Gasteiger partial charge is 0.243 e. The summed E-state index contributed by atoms with van der Waals surface area (Å²) in [6.07, 6.45) is 2.43. The van der Waals surface area contributed by atoms with Crippen LogP contribution in [0.1, 0.15) is 18.4 Å². The Labute approximate surface area is 121 Å². The predicted octanol–water partition coefficient (Wildman–Crippen LogP) is 0.862. The average Bonchev–Trinajstić information content (AvgIpc) is 2.97. The van der Waals surface area contributed by atoms with Gasteiger partial charge < -0.3 is 10.6 Å². The highest BCUT2D eigenvalue weighted by Gasteiger charge is 2.23. The van der Waals surface area contributed by atoms with Gasteiger partial charge in [0.25, 0.3) is 0 Å². The number of likely N-dealkylation sites (tertiary alicyclic amines) is 1. The Bertz CT molecular complexity index is 539. The van der Waals surface area contributed by atoms with Crippen molar-refractivity contribution in [2.24, 2.45) is 5.73 Å². The van der Waals surface area contributed by atoms with Crippen LogP contribution in [0.2, 0.25) is 0 Å². The molecule has 0 unspecified atom stereocenters. The Kier molecular flexibility index (Phi) is 5.15. The number of nitrogens with two attached hydrogens (primary N) is 1. The second-order valence-electron chi connectivity index (χ2n) is 5.19. The first kappa shape index (κ1) is 15.4. The van der Waals surface area contributed by atoms with Gasteiger partial charge in [0, 0.05) is 26.7 Å². The van der Waals surface area contributed by atoms with Crippen LogP contribution in [0.5, 0.6) is 0 Å². The molecule has 1 fully saturated rings. The fourth-order valence-electron chi connectivity index (χ4n) is 2.50. The van der Waals surface area contributed by atoms with Crippen molar-refractivity contribution in [3.63, 3.8) is 0 Å². The molecule has 1 saturated heterocycles. The van der Waals surface area contributed by atoms with Gasteiger partial charge >= 0.3 is 0 Å². The number of rotatable bonds is 6. The molecule has 0 radical (unpaired) electrons. The molecule has 0 aromatic heterocycles. The Morgan fingerprint density at radius 2 is 1.90 bits per heavy atom. The van der Waals surface area contributed by atoms with Crippen LogP contribution < -0.4 is 5.73 Å². The monoisotopic (exact) mass is 297 g/mol. The maximum Gasteiger partial charge on any atom is 0.243 e. The fraction of sp³-hybridized carbons (Fsp3) is 0.571. The van der Waals surface area contributed by atoms with Crippen molar-refractivity contribution in [2.75, 3.05) is 33.2 Å². The molecule has 1 heterocycles. The molecular weight excluding hydrogens is 274 g/mol. The summed E-state index contributed by atoms with van der Waals surface area (Å²) < 4.78 is 26.6. The SMILES string of the molecule is CN(CCN1CCCC1)S(=O)(=O)c1ccccc1CN. The maximum absolute atomic E-state index is 12.6. The molecule has 1 aliphatic rings. The van der Waals surface area contributed by atoms with Gasteiger partial charge in [-0.2, -0.15) is 4.31 Å². The first-order valence-electron chi connectivity index (χ1n) is 7.02. The lowest BCUT2D eigenvalue weighted by Gasteiger charge is -2.22. The van der Waals surface area contributed by atoms with E-state index in [1.807, 2.05) is 6.07 Å². The second kappa shape index (κ2) is 6.67. The maximum atomic E-state index is 12.6. The van der Waals surface area contributed by atoms with Gasteiger partial charge in [-0.3, -0.25) is 0 Å². The van der Waals surface area contributed by atoms with Crippen LogP contribution in [-0.2, 0) is 16.6 Å². The van der Waals surface area contributed by atoms with Crippen molar-refractivity contribution in [1.82, 2.24) is 9.21 Å². The minimum Gasteiger partial charge on any atom is -0.326 e. The van der Waals surface area contributed by atoms with E-state index in [-0.39, 0.29) is 6.54 Å². The molecule has 1 aliphatic heterocycles. The van der Waals surface area contributed by atoms with E-state index in [1.54, 1.807) is 25.2 Å². The molecule has 0 amide bonds. The van der Waals surface area contributed by atoms with E-state index in [4.69, 9.17) is 5.73 Å². The molecule has 2 N–H and O–H groups in total. The van der Waals surface area contributed by atoms with E-state index in [9.17, 15) is 8.42 Å². The van der Waals surface area contributed by atoms with Crippen molar-refractivity contribution < 1.29 is 8.42 Å². The number of benzene rings is 1. The largest absolute Gasteiger partial charge is 0.326 e. The van der Waals surface area contributed by atoms with Gasteiger partial charge in [0.05, 0.1) is 4.90 Å². The summed E-state index contributed by atoms with van der Waals surface area (Å²) in [5.74, 6) is 0. The molecule has 0 aliphatic carbocycles. The summed E-state index contributed by atoms with van der Waals surface area (Å²) >= 11 is 0. The molecule has 6 heteroatoms. The van der Waals surface area contributed by atoms with Gasteiger partial charge in [-0.15, -0.1) is 0 Å². The molecule has 20 heavy (non-hydrogen) atoms. The molecule has 0 atom stereocenters. The highest BCUT2D eigenvalue weighted by Crippen LogP contribution is 2.19. The van der Waals surface area contributed by atoms with Crippen LogP contribution in [0.3, 0.4) is 0 Å². The topological polar surface area (TPSA) is 66.6 Å². The molecule has 5 nitrogen and oxygen atoms in total. The molecule has 0 bridgehead atoms. The number of likely N-dealkylation sites (N-methyl/N-ethyl adjacent to an activating group) is 1. The van der Waals surface area contributed by atoms with Crippen molar-refractivity contribution in [2.45, 2.75) is 24.3 Å². The minimum absolute atomic E-state index is 0.232. The third-order valence-corrected chi connectivity index (χ3v) is 5.77.